The Morgan fingerprint density at radius 1 is 1.47 bits per heavy atom. The Morgan fingerprint density at radius 3 is 3.07 bits per heavy atom. The molecule has 0 saturated heterocycles. The second-order valence-corrected chi connectivity index (χ2v) is 3.73. The molecule has 1 N–H and O–H groups in total. The van der Waals surface area contributed by atoms with Crippen LogP contribution in [0.3, 0.4) is 0 Å². The zero-order valence-corrected chi connectivity index (χ0v) is 8.15. The summed E-state index contributed by atoms with van der Waals surface area (Å²) in [7, 11) is 1.73. The minimum atomic E-state index is 0.0668. The summed E-state index contributed by atoms with van der Waals surface area (Å²) in [6.45, 7) is 0. The molecule has 0 bridgehead atoms. The van der Waals surface area contributed by atoms with Gasteiger partial charge in [0.15, 0.2) is 5.75 Å². The molecule has 1 amide bonds. The molecular weight excluding hydrogens is 194 g/mol. The minimum absolute atomic E-state index is 0.0668. The van der Waals surface area contributed by atoms with Crippen LogP contribution in [0.25, 0.3) is 11.0 Å². The molecule has 2 aromatic rings. The summed E-state index contributed by atoms with van der Waals surface area (Å²) in [6.07, 6.45) is 1.71. The Bertz CT molecular complexity index is 570. The lowest BCUT2D eigenvalue weighted by Crippen LogP contribution is -2.20. The van der Waals surface area contributed by atoms with E-state index in [4.69, 9.17) is 4.42 Å². The molecule has 0 fully saturated rings. The molecule has 0 saturated carbocycles. The van der Waals surface area contributed by atoms with Crippen molar-refractivity contribution in [3.63, 3.8) is 0 Å². The van der Waals surface area contributed by atoms with E-state index < -0.39 is 0 Å². The molecular formula is C11H9NO3. The molecule has 3 rings (SSSR count). The molecule has 4 heteroatoms. The molecule has 1 aliphatic heterocycles. The van der Waals surface area contributed by atoms with Gasteiger partial charge in [-0.05, 0) is 17.7 Å². The van der Waals surface area contributed by atoms with Gasteiger partial charge in [0, 0.05) is 12.7 Å². The third-order valence-corrected chi connectivity index (χ3v) is 2.83. The van der Waals surface area contributed by atoms with Crippen LogP contribution in [-0.4, -0.2) is 18.1 Å². The average Bonchev–Trinajstić information content (AvgIpc) is 2.69. The monoisotopic (exact) mass is 203 g/mol. The zero-order valence-electron chi connectivity index (χ0n) is 8.15. The average molecular weight is 203 g/mol. The minimum Gasteiger partial charge on any atom is -0.504 e. The van der Waals surface area contributed by atoms with Crippen molar-refractivity contribution in [2.24, 2.45) is 0 Å². The Morgan fingerprint density at radius 2 is 2.27 bits per heavy atom. The molecule has 76 valence electrons. The first kappa shape index (κ1) is 8.35. The van der Waals surface area contributed by atoms with Gasteiger partial charge < -0.3 is 14.4 Å². The van der Waals surface area contributed by atoms with Crippen molar-refractivity contribution in [3.8, 4) is 5.75 Å². The molecule has 0 radical (unpaired) electrons. The molecule has 0 atom stereocenters. The van der Waals surface area contributed by atoms with Crippen molar-refractivity contribution >= 4 is 22.6 Å². The zero-order chi connectivity index (χ0) is 10.6. The Hall–Kier alpha value is -1.97. The topological polar surface area (TPSA) is 53.7 Å². The predicted octanol–water partition coefficient (Wildman–Crippen LogP) is 1.66. The number of carbonyl (C=O) groups is 1. The van der Waals surface area contributed by atoms with E-state index in [2.05, 4.69) is 0 Å². The number of likely N-dealkylation sites (N-methyl/N-ethyl adjacent to an activating group) is 1. The van der Waals surface area contributed by atoms with Crippen LogP contribution >= 0.6 is 0 Å². The highest BCUT2D eigenvalue weighted by molar-refractivity contribution is 6.04. The third kappa shape index (κ3) is 0.986. The summed E-state index contributed by atoms with van der Waals surface area (Å²) in [6, 6.07) is 3.60. The van der Waals surface area contributed by atoms with Gasteiger partial charge in [-0.15, -0.1) is 0 Å². The fourth-order valence-electron chi connectivity index (χ4n) is 1.96. The van der Waals surface area contributed by atoms with E-state index in [1.54, 1.807) is 18.0 Å². The summed E-state index contributed by atoms with van der Waals surface area (Å²) in [4.78, 5) is 13.0. The SMILES string of the molecule is CN1C(=O)Cc2cc3occ(O)c3cc21. The quantitative estimate of drug-likeness (QED) is 0.708. The first-order valence-corrected chi connectivity index (χ1v) is 4.66. The second kappa shape index (κ2) is 2.53. The first-order valence-electron chi connectivity index (χ1n) is 4.66. The number of amides is 1. The van der Waals surface area contributed by atoms with Crippen LogP contribution < -0.4 is 4.90 Å². The molecule has 1 aromatic heterocycles. The molecule has 2 heterocycles. The summed E-state index contributed by atoms with van der Waals surface area (Å²) in [5.74, 6) is 0.178. The maximum absolute atomic E-state index is 11.4. The summed E-state index contributed by atoms with van der Waals surface area (Å²) >= 11 is 0. The number of hydrogen-bond acceptors (Lipinski definition) is 3. The molecule has 1 aliphatic rings. The van der Waals surface area contributed by atoms with Gasteiger partial charge in [-0.3, -0.25) is 4.79 Å². The molecule has 0 unspecified atom stereocenters. The van der Waals surface area contributed by atoms with Crippen molar-refractivity contribution in [1.82, 2.24) is 0 Å². The lowest BCUT2D eigenvalue weighted by molar-refractivity contribution is -0.117. The number of aromatic hydroxyl groups is 1. The summed E-state index contributed by atoms with van der Waals surface area (Å²) < 4.78 is 5.16. The number of benzene rings is 1. The van der Waals surface area contributed by atoms with Crippen LogP contribution in [-0.2, 0) is 11.2 Å². The van der Waals surface area contributed by atoms with Crippen molar-refractivity contribution in [2.75, 3.05) is 11.9 Å². The van der Waals surface area contributed by atoms with E-state index >= 15 is 0 Å². The van der Waals surface area contributed by atoms with Gasteiger partial charge >= 0.3 is 0 Å². The van der Waals surface area contributed by atoms with E-state index in [0.29, 0.717) is 17.4 Å². The fourth-order valence-corrected chi connectivity index (χ4v) is 1.96. The summed E-state index contributed by atoms with van der Waals surface area (Å²) in [5, 5.41) is 10.1. The smallest absolute Gasteiger partial charge is 0.231 e. The van der Waals surface area contributed by atoms with Gasteiger partial charge in [-0.1, -0.05) is 0 Å². The van der Waals surface area contributed by atoms with Crippen LogP contribution in [0.4, 0.5) is 5.69 Å². The Kier molecular flexibility index (Phi) is 1.41. The molecule has 15 heavy (non-hydrogen) atoms. The highest BCUT2D eigenvalue weighted by atomic mass is 16.4. The molecule has 0 aliphatic carbocycles. The van der Waals surface area contributed by atoms with Gasteiger partial charge in [0.05, 0.1) is 11.8 Å². The van der Waals surface area contributed by atoms with Crippen molar-refractivity contribution in [3.05, 3.63) is 24.0 Å². The number of furan rings is 1. The standard InChI is InChI=1S/C11H9NO3/c1-12-8-4-7-9(13)5-15-10(7)2-6(8)3-11(12)14/h2,4-5,13H,3H2,1H3. The Balaban J connectivity index is 2.33. The van der Waals surface area contributed by atoms with E-state index in [9.17, 15) is 9.90 Å². The largest absolute Gasteiger partial charge is 0.504 e. The molecule has 0 spiro atoms. The van der Waals surface area contributed by atoms with E-state index in [-0.39, 0.29) is 11.7 Å². The number of carbonyl (C=O) groups excluding carboxylic acids is 1. The lowest BCUT2D eigenvalue weighted by Gasteiger charge is -2.09. The molecule has 1 aromatic carbocycles. The van der Waals surface area contributed by atoms with E-state index in [1.165, 1.54) is 6.26 Å². The van der Waals surface area contributed by atoms with Crippen molar-refractivity contribution < 1.29 is 14.3 Å². The van der Waals surface area contributed by atoms with E-state index in [0.717, 1.165) is 11.3 Å². The number of hydrogen-bond donors (Lipinski definition) is 1. The van der Waals surface area contributed by atoms with Crippen LogP contribution in [0.15, 0.2) is 22.8 Å². The number of nitrogens with zero attached hydrogens (tertiary/aromatic N) is 1. The van der Waals surface area contributed by atoms with Gasteiger partial charge in [0.2, 0.25) is 5.91 Å². The maximum Gasteiger partial charge on any atom is 0.231 e. The van der Waals surface area contributed by atoms with Gasteiger partial charge in [-0.25, -0.2) is 0 Å². The van der Waals surface area contributed by atoms with Crippen LogP contribution in [0.1, 0.15) is 5.56 Å². The van der Waals surface area contributed by atoms with Crippen LogP contribution in [0.5, 0.6) is 5.75 Å². The molecule has 4 nitrogen and oxygen atoms in total. The van der Waals surface area contributed by atoms with Gasteiger partial charge in [0.1, 0.15) is 11.8 Å². The predicted molar refractivity (Wildman–Crippen MR) is 55.0 cm³/mol. The number of rotatable bonds is 0. The fraction of sp³-hybridized carbons (Fsp3) is 0.182. The third-order valence-electron chi connectivity index (χ3n) is 2.83. The van der Waals surface area contributed by atoms with Crippen molar-refractivity contribution in [1.29, 1.82) is 0 Å². The van der Waals surface area contributed by atoms with Gasteiger partial charge in [-0.2, -0.15) is 0 Å². The van der Waals surface area contributed by atoms with E-state index in [1.807, 2.05) is 6.07 Å². The Labute approximate surface area is 85.7 Å². The van der Waals surface area contributed by atoms with Crippen LogP contribution in [0.2, 0.25) is 0 Å². The maximum atomic E-state index is 11.4. The lowest BCUT2D eigenvalue weighted by atomic mass is 10.1. The van der Waals surface area contributed by atoms with Crippen LogP contribution in [0, 0.1) is 0 Å². The number of fused-ring (bicyclic) bond motifs is 2. The first-order chi connectivity index (χ1) is 7.16. The second-order valence-electron chi connectivity index (χ2n) is 3.73. The number of anilines is 1. The highest BCUT2D eigenvalue weighted by Crippen LogP contribution is 2.36. The normalized spacial score (nSPS) is 15.0. The van der Waals surface area contributed by atoms with Gasteiger partial charge in [0.25, 0.3) is 0 Å². The summed E-state index contributed by atoms with van der Waals surface area (Å²) in [5.41, 5.74) is 2.42. The highest BCUT2D eigenvalue weighted by Gasteiger charge is 2.25. The van der Waals surface area contributed by atoms with Crippen molar-refractivity contribution in [2.45, 2.75) is 6.42 Å².